The van der Waals surface area contributed by atoms with E-state index in [4.69, 9.17) is 10.5 Å². The second kappa shape index (κ2) is 3.98. The van der Waals surface area contributed by atoms with Crippen molar-refractivity contribution in [2.75, 3.05) is 5.32 Å². The second-order valence-corrected chi connectivity index (χ2v) is 4.18. The van der Waals surface area contributed by atoms with Gasteiger partial charge in [0.15, 0.2) is 0 Å². The van der Waals surface area contributed by atoms with Gasteiger partial charge in [0.2, 0.25) is 0 Å². The fourth-order valence-corrected chi connectivity index (χ4v) is 1.12. The van der Waals surface area contributed by atoms with Crippen LogP contribution in [0.4, 0.5) is 5.82 Å². The van der Waals surface area contributed by atoms with Crippen LogP contribution >= 0.6 is 0 Å². The number of nitrogens with zero attached hydrogens (tertiary/aromatic N) is 3. The minimum absolute atomic E-state index is 0.188. The van der Waals surface area contributed by atoms with Gasteiger partial charge in [-0.3, -0.25) is 0 Å². The lowest BCUT2D eigenvalue weighted by atomic mass is 10.1. The summed E-state index contributed by atoms with van der Waals surface area (Å²) >= 11 is 0. The van der Waals surface area contributed by atoms with Crippen molar-refractivity contribution in [1.82, 2.24) is 4.98 Å². The summed E-state index contributed by atoms with van der Waals surface area (Å²) in [7, 11) is 0. The van der Waals surface area contributed by atoms with Crippen LogP contribution in [0.1, 0.15) is 31.9 Å². The van der Waals surface area contributed by atoms with Crippen LogP contribution in [-0.2, 0) is 0 Å². The van der Waals surface area contributed by atoms with E-state index >= 15 is 0 Å². The molecule has 4 nitrogen and oxygen atoms in total. The molecule has 0 aromatic carbocycles. The summed E-state index contributed by atoms with van der Waals surface area (Å²) in [5.41, 5.74) is 0.460. The Labute approximate surface area is 89.2 Å². The van der Waals surface area contributed by atoms with Gasteiger partial charge in [-0.1, -0.05) is 0 Å². The van der Waals surface area contributed by atoms with E-state index < -0.39 is 0 Å². The van der Waals surface area contributed by atoms with Gasteiger partial charge in [0.1, 0.15) is 23.5 Å². The normalized spacial score (nSPS) is 10.2. The van der Waals surface area contributed by atoms with E-state index in [1.807, 2.05) is 32.9 Å². The van der Waals surface area contributed by atoms with Crippen molar-refractivity contribution in [1.29, 1.82) is 10.5 Å². The van der Waals surface area contributed by atoms with E-state index in [9.17, 15) is 0 Å². The number of hydrogen-bond acceptors (Lipinski definition) is 4. The van der Waals surface area contributed by atoms with Crippen molar-refractivity contribution < 1.29 is 0 Å². The van der Waals surface area contributed by atoms with E-state index in [2.05, 4.69) is 10.3 Å². The highest BCUT2D eigenvalue weighted by molar-refractivity contribution is 5.60. The van der Waals surface area contributed by atoms with E-state index in [0.717, 1.165) is 0 Å². The van der Waals surface area contributed by atoms with Crippen molar-refractivity contribution in [3.63, 3.8) is 0 Å². The average molecular weight is 200 g/mol. The number of nitriles is 2. The van der Waals surface area contributed by atoms with Gasteiger partial charge in [-0.15, -0.1) is 0 Å². The summed E-state index contributed by atoms with van der Waals surface area (Å²) in [4.78, 5) is 4.06. The summed E-state index contributed by atoms with van der Waals surface area (Å²) in [6.45, 7) is 5.90. The Morgan fingerprint density at radius 3 is 2.40 bits per heavy atom. The first-order chi connectivity index (χ1) is 6.98. The van der Waals surface area contributed by atoms with E-state index in [1.54, 1.807) is 0 Å². The molecule has 15 heavy (non-hydrogen) atoms. The van der Waals surface area contributed by atoms with Crippen LogP contribution in [0.15, 0.2) is 12.3 Å². The molecule has 0 fully saturated rings. The van der Waals surface area contributed by atoms with Gasteiger partial charge >= 0.3 is 0 Å². The molecule has 0 atom stereocenters. The Bertz CT molecular complexity index is 443. The molecule has 1 heterocycles. The largest absolute Gasteiger partial charge is 0.364 e. The smallest absolute Gasteiger partial charge is 0.145 e. The molecule has 76 valence electrons. The van der Waals surface area contributed by atoms with Crippen LogP contribution in [0, 0.1) is 22.7 Å². The Hall–Kier alpha value is -2.07. The fraction of sp³-hybridized carbons (Fsp3) is 0.364. The van der Waals surface area contributed by atoms with Crippen LogP contribution in [0.25, 0.3) is 0 Å². The molecule has 0 unspecified atom stereocenters. The number of aromatic nitrogens is 1. The predicted octanol–water partition coefficient (Wildman–Crippen LogP) is 2.04. The quantitative estimate of drug-likeness (QED) is 0.752. The Morgan fingerprint density at radius 2 is 1.93 bits per heavy atom. The highest BCUT2D eigenvalue weighted by Crippen LogP contribution is 2.19. The molecule has 0 saturated heterocycles. The molecule has 1 N–H and O–H groups in total. The van der Waals surface area contributed by atoms with Crippen LogP contribution in [0.5, 0.6) is 0 Å². The molecule has 0 bridgehead atoms. The summed E-state index contributed by atoms with van der Waals surface area (Å²) < 4.78 is 0. The third kappa shape index (κ3) is 2.69. The van der Waals surface area contributed by atoms with Gasteiger partial charge < -0.3 is 5.32 Å². The molecule has 0 saturated carbocycles. The van der Waals surface area contributed by atoms with E-state index in [-0.39, 0.29) is 5.54 Å². The van der Waals surface area contributed by atoms with Crippen LogP contribution in [0.3, 0.4) is 0 Å². The third-order valence-electron chi connectivity index (χ3n) is 1.68. The first kappa shape index (κ1) is 11.0. The molecule has 0 aliphatic carbocycles. The number of pyridine rings is 1. The van der Waals surface area contributed by atoms with Gasteiger partial charge in [0, 0.05) is 11.7 Å². The molecule has 1 rings (SSSR count). The van der Waals surface area contributed by atoms with E-state index in [0.29, 0.717) is 16.9 Å². The summed E-state index contributed by atoms with van der Waals surface area (Å²) in [6, 6.07) is 5.49. The van der Waals surface area contributed by atoms with E-state index in [1.165, 1.54) is 12.3 Å². The van der Waals surface area contributed by atoms with Gasteiger partial charge in [-0.2, -0.15) is 10.5 Å². The number of hydrogen-bond donors (Lipinski definition) is 1. The summed E-state index contributed by atoms with van der Waals surface area (Å²) in [5, 5.41) is 20.9. The van der Waals surface area contributed by atoms with Gasteiger partial charge in [0.25, 0.3) is 0 Å². The van der Waals surface area contributed by atoms with Crippen molar-refractivity contribution >= 4 is 5.82 Å². The Kier molecular flexibility index (Phi) is 2.92. The zero-order valence-electron chi connectivity index (χ0n) is 9.00. The maximum Gasteiger partial charge on any atom is 0.145 e. The Morgan fingerprint density at radius 1 is 1.27 bits per heavy atom. The van der Waals surface area contributed by atoms with Gasteiger partial charge in [-0.25, -0.2) is 4.98 Å². The fourth-order valence-electron chi connectivity index (χ4n) is 1.12. The summed E-state index contributed by atoms with van der Waals surface area (Å²) in [6.07, 6.45) is 1.52. The van der Waals surface area contributed by atoms with Crippen molar-refractivity contribution in [2.24, 2.45) is 0 Å². The van der Waals surface area contributed by atoms with Crippen LogP contribution in [-0.4, -0.2) is 10.5 Å². The molecule has 0 radical (unpaired) electrons. The molecule has 1 aromatic rings. The maximum atomic E-state index is 8.95. The highest BCUT2D eigenvalue weighted by atomic mass is 15.0. The lowest BCUT2D eigenvalue weighted by Gasteiger charge is -2.21. The average Bonchev–Trinajstić information content (AvgIpc) is 2.15. The number of rotatable bonds is 1. The lowest BCUT2D eigenvalue weighted by Crippen LogP contribution is -2.27. The topological polar surface area (TPSA) is 72.5 Å². The van der Waals surface area contributed by atoms with Crippen molar-refractivity contribution in [3.8, 4) is 12.1 Å². The standard InChI is InChI=1S/C11H12N4/c1-11(2,3)15-10-9(7-13)8(6-12)4-5-14-10/h4-5H,1-3H3,(H,14,15). The second-order valence-electron chi connectivity index (χ2n) is 4.18. The SMILES string of the molecule is CC(C)(C)Nc1nccc(C#N)c1C#N. The third-order valence-corrected chi connectivity index (χ3v) is 1.68. The zero-order chi connectivity index (χ0) is 11.5. The van der Waals surface area contributed by atoms with Gasteiger partial charge in [-0.05, 0) is 26.8 Å². The predicted molar refractivity (Wildman–Crippen MR) is 57.0 cm³/mol. The lowest BCUT2D eigenvalue weighted by molar-refractivity contribution is 0.630. The first-order valence-electron chi connectivity index (χ1n) is 4.55. The molecule has 4 heteroatoms. The molecule has 0 aliphatic rings. The Balaban J connectivity index is 3.21. The van der Waals surface area contributed by atoms with Crippen molar-refractivity contribution in [3.05, 3.63) is 23.4 Å². The maximum absolute atomic E-state index is 8.95. The summed E-state index contributed by atoms with van der Waals surface area (Å²) in [5.74, 6) is 0.462. The molecular formula is C11H12N4. The first-order valence-corrected chi connectivity index (χ1v) is 4.55. The molecule has 0 aliphatic heterocycles. The van der Waals surface area contributed by atoms with Crippen LogP contribution in [0.2, 0.25) is 0 Å². The monoisotopic (exact) mass is 200 g/mol. The molecule has 1 aromatic heterocycles. The van der Waals surface area contributed by atoms with Gasteiger partial charge in [0.05, 0.1) is 5.56 Å². The highest BCUT2D eigenvalue weighted by Gasteiger charge is 2.15. The molecule has 0 amide bonds. The minimum atomic E-state index is -0.188. The van der Waals surface area contributed by atoms with Crippen LogP contribution < -0.4 is 5.32 Å². The van der Waals surface area contributed by atoms with Crippen molar-refractivity contribution in [2.45, 2.75) is 26.3 Å². The molecule has 0 spiro atoms. The number of nitrogens with one attached hydrogen (secondary N) is 1. The minimum Gasteiger partial charge on any atom is -0.364 e. The zero-order valence-corrected chi connectivity index (χ0v) is 9.00. The molecular weight excluding hydrogens is 188 g/mol. The number of anilines is 1.